The minimum Gasteiger partial charge on any atom is -0.369 e. The number of hydrogen-bond acceptors (Lipinski definition) is 7. The molecule has 6 N–H and O–H groups in total. The molecule has 1 heterocycles. The molecule has 10 heteroatoms. The van der Waals surface area contributed by atoms with Gasteiger partial charge in [-0.3, -0.25) is 15.5 Å². The van der Waals surface area contributed by atoms with Crippen LogP contribution in [0.25, 0.3) is 0 Å². The van der Waals surface area contributed by atoms with Crippen LogP contribution in [0.4, 0.5) is 15.9 Å². The Bertz CT molecular complexity index is 948. The van der Waals surface area contributed by atoms with Gasteiger partial charge in [0.15, 0.2) is 11.6 Å². The molecule has 2 aliphatic carbocycles. The molecule has 1 aromatic heterocycles. The fourth-order valence-corrected chi connectivity index (χ4v) is 5.39. The molecule has 0 aliphatic heterocycles. The lowest BCUT2D eigenvalue weighted by atomic mass is 9.77. The van der Waals surface area contributed by atoms with Crippen LogP contribution in [-0.4, -0.2) is 40.2 Å². The number of carbonyl (C=O) groups excluding carboxylic acids is 1. The Morgan fingerprint density at radius 2 is 2.19 bits per heavy atom. The Kier molecular flexibility index (Phi) is 6.54. The highest BCUT2D eigenvalue weighted by atomic mass is 35.5. The second-order valence-electron chi connectivity index (χ2n) is 8.36. The van der Waals surface area contributed by atoms with Crippen LogP contribution < -0.4 is 21.8 Å². The summed E-state index contributed by atoms with van der Waals surface area (Å²) in [5.41, 5.74) is 9.61. The Hall–Kier alpha value is -2.49. The van der Waals surface area contributed by atoms with Crippen molar-refractivity contribution < 1.29 is 14.4 Å². The molecule has 2 fully saturated rings. The van der Waals surface area contributed by atoms with E-state index in [1.54, 1.807) is 6.07 Å². The molecule has 166 valence electrons. The minimum absolute atomic E-state index is 0.00730. The number of primary amides is 1. The third-order valence-electron chi connectivity index (χ3n) is 6.54. The van der Waals surface area contributed by atoms with Crippen molar-refractivity contribution in [2.75, 3.05) is 23.9 Å². The highest BCUT2D eigenvalue weighted by Crippen LogP contribution is 2.52. The summed E-state index contributed by atoms with van der Waals surface area (Å²) in [5.74, 6) is -0.608. The summed E-state index contributed by atoms with van der Waals surface area (Å²) in [5, 5.41) is 15.6. The molecule has 5 atom stereocenters. The molecule has 2 aliphatic rings. The van der Waals surface area contributed by atoms with E-state index in [4.69, 9.17) is 22.5 Å². The summed E-state index contributed by atoms with van der Waals surface area (Å²) in [7, 11) is 0. The van der Waals surface area contributed by atoms with Crippen LogP contribution in [0.5, 0.6) is 0 Å². The van der Waals surface area contributed by atoms with Gasteiger partial charge in [-0.05, 0) is 79.4 Å². The van der Waals surface area contributed by atoms with Gasteiger partial charge in [-0.1, -0.05) is 12.1 Å². The average Bonchev–Trinajstić information content (AvgIpc) is 3.32. The molecule has 0 saturated heterocycles. The van der Waals surface area contributed by atoms with Crippen molar-refractivity contribution in [1.29, 1.82) is 0 Å². The minimum atomic E-state index is -0.607. The van der Waals surface area contributed by atoms with Crippen LogP contribution in [0.3, 0.4) is 0 Å². The maximum atomic E-state index is 14.2. The second kappa shape index (κ2) is 9.33. The van der Waals surface area contributed by atoms with E-state index in [0.717, 1.165) is 44.1 Å². The molecule has 2 aromatic rings. The lowest BCUT2D eigenvalue weighted by Gasteiger charge is -2.35. The third kappa shape index (κ3) is 4.73. The van der Waals surface area contributed by atoms with Gasteiger partial charge >= 0.3 is 0 Å². The number of amides is 1. The summed E-state index contributed by atoms with van der Waals surface area (Å²) in [4.78, 5) is 19.7. The van der Waals surface area contributed by atoms with Gasteiger partial charge in [-0.15, -0.1) is 0 Å². The van der Waals surface area contributed by atoms with E-state index in [1.165, 1.54) is 0 Å². The first kappa shape index (κ1) is 21.7. The standard InChI is InChI=1S/C21H26ClFN6O2/c22-21-26-10-16(23)20(28-21)27-18-15-8-12(17(18)19(24)30)7-13(15)9-25-5-4-11-2-1-3-14(6-11)29-31/h1-3,6,10,12-13,15,17-18,25,29,31H,4-5,7-9H2,(H2,24,30)(H,26,27,28). The number of aromatic nitrogens is 2. The van der Waals surface area contributed by atoms with E-state index in [2.05, 4.69) is 26.1 Å². The van der Waals surface area contributed by atoms with Crippen molar-refractivity contribution in [3.8, 4) is 0 Å². The van der Waals surface area contributed by atoms with Gasteiger partial charge < -0.3 is 16.4 Å². The SMILES string of the molecule is NC(=O)C1C2CC(CNCCc3cccc(NO)c3)C(C2)C1Nc1nc(Cl)ncc1F. The van der Waals surface area contributed by atoms with Crippen molar-refractivity contribution in [2.45, 2.75) is 25.3 Å². The zero-order chi connectivity index (χ0) is 22.0. The molecule has 1 amide bonds. The molecular formula is C21H26ClFN6O2. The van der Waals surface area contributed by atoms with E-state index < -0.39 is 5.82 Å². The summed E-state index contributed by atoms with van der Waals surface area (Å²) in [6.07, 6.45) is 3.64. The van der Waals surface area contributed by atoms with Crippen LogP contribution >= 0.6 is 11.6 Å². The third-order valence-corrected chi connectivity index (χ3v) is 6.72. The quantitative estimate of drug-likeness (QED) is 0.226. The molecule has 1 aromatic carbocycles. The summed E-state index contributed by atoms with van der Waals surface area (Å²) >= 11 is 5.81. The number of carbonyl (C=O) groups is 1. The first-order chi connectivity index (χ1) is 15.0. The molecule has 2 saturated carbocycles. The predicted octanol–water partition coefficient (Wildman–Crippen LogP) is 2.44. The summed E-state index contributed by atoms with van der Waals surface area (Å²) in [6, 6.07) is 7.32. The van der Waals surface area contributed by atoms with Gasteiger partial charge in [0.25, 0.3) is 0 Å². The average molecular weight is 449 g/mol. The molecule has 31 heavy (non-hydrogen) atoms. The fraction of sp³-hybridized carbons (Fsp3) is 0.476. The normalized spacial score (nSPS) is 26.7. The lowest BCUT2D eigenvalue weighted by Crippen LogP contribution is -2.47. The number of hydrogen-bond donors (Lipinski definition) is 5. The summed E-state index contributed by atoms with van der Waals surface area (Å²) in [6.45, 7) is 1.59. The first-order valence-corrected chi connectivity index (χ1v) is 10.8. The highest BCUT2D eigenvalue weighted by molar-refractivity contribution is 6.28. The van der Waals surface area contributed by atoms with Gasteiger partial charge in [-0.25, -0.2) is 9.37 Å². The first-order valence-electron chi connectivity index (χ1n) is 10.4. The highest BCUT2D eigenvalue weighted by Gasteiger charge is 2.54. The number of fused-ring (bicyclic) bond motifs is 2. The van der Waals surface area contributed by atoms with Gasteiger partial charge in [0.05, 0.1) is 17.8 Å². The van der Waals surface area contributed by atoms with Crippen molar-refractivity contribution in [3.63, 3.8) is 0 Å². The number of benzene rings is 1. The Balaban J connectivity index is 1.37. The van der Waals surface area contributed by atoms with Crippen LogP contribution in [0.1, 0.15) is 18.4 Å². The number of nitrogens with zero attached hydrogens (tertiary/aromatic N) is 2. The van der Waals surface area contributed by atoms with Crippen LogP contribution in [-0.2, 0) is 11.2 Å². The van der Waals surface area contributed by atoms with Crippen LogP contribution in [0.15, 0.2) is 30.5 Å². The van der Waals surface area contributed by atoms with Crippen molar-refractivity contribution >= 4 is 29.0 Å². The lowest BCUT2D eigenvalue weighted by molar-refractivity contribution is -0.123. The van der Waals surface area contributed by atoms with E-state index in [0.29, 0.717) is 11.6 Å². The topological polar surface area (TPSA) is 125 Å². The number of halogens is 2. The largest absolute Gasteiger partial charge is 0.369 e. The van der Waals surface area contributed by atoms with Crippen molar-refractivity contribution in [2.24, 2.45) is 29.4 Å². The van der Waals surface area contributed by atoms with E-state index >= 15 is 0 Å². The number of rotatable bonds is 9. The van der Waals surface area contributed by atoms with E-state index in [9.17, 15) is 9.18 Å². The maximum Gasteiger partial charge on any atom is 0.224 e. The van der Waals surface area contributed by atoms with Crippen LogP contribution in [0.2, 0.25) is 5.28 Å². The van der Waals surface area contributed by atoms with Gasteiger partial charge in [-0.2, -0.15) is 4.98 Å². The number of nitrogens with two attached hydrogens (primary N) is 1. The van der Waals surface area contributed by atoms with E-state index in [-0.39, 0.29) is 40.8 Å². The maximum absolute atomic E-state index is 14.2. The monoisotopic (exact) mass is 448 g/mol. The van der Waals surface area contributed by atoms with Crippen LogP contribution in [0, 0.1) is 29.5 Å². The molecule has 0 spiro atoms. The molecule has 8 nitrogen and oxygen atoms in total. The number of nitrogens with one attached hydrogen (secondary N) is 3. The Morgan fingerprint density at radius 3 is 2.97 bits per heavy atom. The molecule has 5 unspecified atom stereocenters. The predicted molar refractivity (Wildman–Crippen MR) is 115 cm³/mol. The molecular weight excluding hydrogens is 423 g/mol. The summed E-state index contributed by atoms with van der Waals surface area (Å²) < 4.78 is 14.2. The second-order valence-corrected chi connectivity index (χ2v) is 8.69. The number of anilines is 2. The Morgan fingerprint density at radius 1 is 1.35 bits per heavy atom. The van der Waals surface area contributed by atoms with Gasteiger partial charge in [0, 0.05) is 6.04 Å². The van der Waals surface area contributed by atoms with Crippen molar-refractivity contribution in [3.05, 3.63) is 47.1 Å². The zero-order valence-corrected chi connectivity index (χ0v) is 17.6. The van der Waals surface area contributed by atoms with E-state index in [1.807, 2.05) is 18.2 Å². The smallest absolute Gasteiger partial charge is 0.224 e. The molecule has 0 radical (unpaired) electrons. The van der Waals surface area contributed by atoms with Crippen molar-refractivity contribution in [1.82, 2.24) is 15.3 Å². The van der Waals surface area contributed by atoms with Gasteiger partial charge in [0.1, 0.15) is 0 Å². The zero-order valence-electron chi connectivity index (χ0n) is 16.9. The molecule has 2 bridgehead atoms. The molecule has 4 rings (SSSR count). The Labute approximate surface area is 184 Å². The fourth-order valence-electron chi connectivity index (χ4n) is 5.26. The van der Waals surface area contributed by atoms with Gasteiger partial charge in [0.2, 0.25) is 11.2 Å².